The number of nitrogens with one attached hydrogen (secondary N) is 1. The summed E-state index contributed by atoms with van der Waals surface area (Å²) in [7, 11) is 1.68. The first-order valence-corrected chi connectivity index (χ1v) is 10.0. The zero-order valence-corrected chi connectivity index (χ0v) is 17.3. The normalized spacial score (nSPS) is 16.5. The number of hydrogen-bond donors (Lipinski definition) is 1. The predicted octanol–water partition coefficient (Wildman–Crippen LogP) is 3.34. The molecule has 28 heavy (non-hydrogen) atoms. The lowest BCUT2D eigenvalue weighted by Crippen LogP contribution is -2.49. The molecule has 1 fully saturated rings. The van der Waals surface area contributed by atoms with Gasteiger partial charge in [0.25, 0.3) is 0 Å². The average molecular weight is 402 g/mol. The second-order valence-corrected chi connectivity index (χ2v) is 7.68. The van der Waals surface area contributed by atoms with Crippen molar-refractivity contribution < 1.29 is 9.53 Å². The first-order chi connectivity index (χ1) is 13.5. The zero-order chi connectivity index (χ0) is 19.9. The Morgan fingerprint density at radius 3 is 2.25 bits per heavy atom. The van der Waals surface area contributed by atoms with E-state index in [0.717, 1.165) is 44.0 Å². The van der Waals surface area contributed by atoms with Crippen LogP contribution in [0.4, 0.5) is 0 Å². The Bertz CT molecular complexity index is 756. The van der Waals surface area contributed by atoms with Crippen molar-refractivity contribution in [3.63, 3.8) is 0 Å². The van der Waals surface area contributed by atoms with Crippen LogP contribution in [-0.4, -0.2) is 55.5 Å². The quantitative estimate of drug-likeness (QED) is 0.772. The van der Waals surface area contributed by atoms with Crippen molar-refractivity contribution in [3.05, 3.63) is 64.7 Å². The number of carbonyl (C=O) groups is 1. The van der Waals surface area contributed by atoms with Crippen molar-refractivity contribution >= 4 is 17.5 Å². The summed E-state index contributed by atoms with van der Waals surface area (Å²) >= 11 is 5.92. The van der Waals surface area contributed by atoms with Crippen LogP contribution < -0.4 is 10.1 Å². The fourth-order valence-corrected chi connectivity index (χ4v) is 3.55. The maximum absolute atomic E-state index is 12.4. The Labute approximate surface area is 172 Å². The van der Waals surface area contributed by atoms with Gasteiger partial charge in [-0.05, 0) is 42.3 Å². The third-order valence-corrected chi connectivity index (χ3v) is 5.40. The maximum Gasteiger partial charge on any atom is 0.234 e. The number of benzene rings is 2. The minimum Gasteiger partial charge on any atom is -0.497 e. The maximum atomic E-state index is 12.4. The molecule has 2 aromatic carbocycles. The lowest BCUT2D eigenvalue weighted by atomic mass is 10.1. The molecule has 0 unspecified atom stereocenters. The molecule has 1 heterocycles. The van der Waals surface area contributed by atoms with Gasteiger partial charge in [-0.3, -0.25) is 14.6 Å². The van der Waals surface area contributed by atoms with Gasteiger partial charge in [0.15, 0.2) is 0 Å². The van der Waals surface area contributed by atoms with E-state index in [0.29, 0.717) is 11.6 Å². The zero-order valence-electron chi connectivity index (χ0n) is 16.5. The van der Waals surface area contributed by atoms with Crippen LogP contribution in [0.5, 0.6) is 5.75 Å². The van der Waals surface area contributed by atoms with Crippen LogP contribution in [0, 0.1) is 0 Å². The van der Waals surface area contributed by atoms with Crippen LogP contribution in [0.15, 0.2) is 48.5 Å². The summed E-state index contributed by atoms with van der Waals surface area (Å²) in [5, 5.41) is 3.78. The molecule has 1 amide bonds. The summed E-state index contributed by atoms with van der Waals surface area (Å²) in [5.41, 5.74) is 2.34. The number of nitrogens with zero attached hydrogens (tertiary/aromatic N) is 2. The molecule has 2 aromatic rings. The second kappa shape index (κ2) is 9.92. The highest BCUT2D eigenvalue weighted by atomic mass is 35.5. The number of amides is 1. The fraction of sp³-hybridized carbons (Fsp3) is 0.409. The van der Waals surface area contributed by atoms with Gasteiger partial charge in [-0.2, -0.15) is 0 Å². The summed E-state index contributed by atoms with van der Waals surface area (Å²) in [6.07, 6.45) is 0. The van der Waals surface area contributed by atoms with E-state index in [1.165, 1.54) is 5.56 Å². The van der Waals surface area contributed by atoms with Crippen LogP contribution >= 0.6 is 11.6 Å². The van der Waals surface area contributed by atoms with E-state index in [1.807, 2.05) is 43.3 Å². The smallest absolute Gasteiger partial charge is 0.234 e. The Kier molecular flexibility index (Phi) is 7.31. The van der Waals surface area contributed by atoms with Crippen LogP contribution in [0.3, 0.4) is 0 Å². The van der Waals surface area contributed by atoms with Crippen LogP contribution in [0.2, 0.25) is 5.02 Å². The molecular formula is C22H28ClN3O2. The molecular weight excluding hydrogens is 374 g/mol. The highest BCUT2D eigenvalue weighted by Crippen LogP contribution is 2.16. The van der Waals surface area contributed by atoms with Crippen molar-refractivity contribution in [2.75, 3.05) is 39.8 Å². The highest BCUT2D eigenvalue weighted by molar-refractivity contribution is 6.30. The van der Waals surface area contributed by atoms with Gasteiger partial charge in [-0.1, -0.05) is 35.9 Å². The molecule has 150 valence electrons. The molecule has 6 heteroatoms. The molecule has 5 nitrogen and oxygen atoms in total. The minimum atomic E-state index is -0.0267. The summed E-state index contributed by atoms with van der Waals surface area (Å²) in [5.74, 6) is 0.943. The molecule has 0 aliphatic carbocycles. The molecule has 1 atom stereocenters. The van der Waals surface area contributed by atoms with Gasteiger partial charge in [0.2, 0.25) is 5.91 Å². The number of halogens is 1. The third-order valence-electron chi connectivity index (χ3n) is 5.14. The fourth-order valence-electron chi connectivity index (χ4n) is 3.42. The number of piperazine rings is 1. The van der Waals surface area contributed by atoms with Gasteiger partial charge >= 0.3 is 0 Å². The van der Waals surface area contributed by atoms with Gasteiger partial charge in [-0.25, -0.2) is 0 Å². The summed E-state index contributed by atoms with van der Waals surface area (Å²) in [4.78, 5) is 17.0. The molecule has 0 radical (unpaired) electrons. The number of carbonyl (C=O) groups excluding carboxylic acids is 1. The second-order valence-electron chi connectivity index (χ2n) is 7.24. The van der Waals surface area contributed by atoms with Gasteiger partial charge in [0, 0.05) is 37.7 Å². The Hall–Kier alpha value is -2.08. The average Bonchev–Trinajstić information content (AvgIpc) is 2.70. The molecule has 0 aromatic heterocycles. The molecule has 1 N–H and O–H groups in total. The monoisotopic (exact) mass is 401 g/mol. The van der Waals surface area contributed by atoms with Crippen molar-refractivity contribution in [2.24, 2.45) is 0 Å². The topological polar surface area (TPSA) is 44.8 Å². The van der Waals surface area contributed by atoms with Gasteiger partial charge in [0.1, 0.15) is 5.75 Å². The standard InChI is InChI=1S/C22H28ClN3O2/c1-17(19-5-7-20(23)8-6-19)24-22(27)16-26-13-11-25(12-14-26)15-18-3-9-21(28-2)10-4-18/h3-10,17H,11-16H2,1-2H3,(H,24,27)/t17-/m1/s1. The molecule has 0 saturated carbocycles. The van der Waals surface area contributed by atoms with E-state index < -0.39 is 0 Å². The number of ether oxygens (including phenoxy) is 1. The summed E-state index contributed by atoms with van der Waals surface area (Å²) in [6.45, 7) is 7.09. The van der Waals surface area contributed by atoms with Crippen molar-refractivity contribution in [1.82, 2.24) is 15.1 Å². The van der Waals surface area contributed by atoms with E-state index in [1.54, 1.807) is 7.11 Å². The van der Waals surface area contributed by atoms with Gasteiger partial charge in [-0.15, -0.1) is 0 Å². The van der Waals surface area contributed by atoms with Crippen molar-refractivity contribution in [3.8, 4) is 5.75 Å². The Balaban J connectivity index is 1.40. The predicted molar refractivity (Wildman–Crippen MR) is 113 cm³/mol. The SMILES string of the molecule is COc1ccc(CN2CCN(CC(=O)N[C@H](C)c3ccc(Cl)cc3)CC2)cc1. The largest absolute Gasteiger partial charge is 0.497 e. The van der Waals surface area contributed by atoms with E-state index in [4.69, 9.17) is 16.3 Å². The molecule has 1 aliphatic rings. The Morgan fingerprint density at radius 2 is 1.64 bits per heavy atom. The van der Waals surface area contributed by atoms with Crippen molar-refractivity contribution in [1.29, 1.82) is 0 Å². The first-order valence-electron chi connectivity index (χ1n) is 9.66. The molecule has 1 saturated heterocycles. The lowest BCUT2D eigenvalue weighted by molar-refractivity contribution is -0.123. The van der Waals surface area contributed by atoms with Gasteiger partial charge < -0.3 is 10.1 Å². The van der Waals surface area contributed by atoms with E-state index in [-0.39, 0.29) is 11.9 Å². The van der Waals surface area contributed by atoms with Crippen molar-refractivity contribution in [2.45, 2.75) is 19.5 Å². The molecule has 0 spiro atoms. The van der Waals surface area contributed by atoms with Crippen LogP contribution in [0.1, 0.15) is 24.1 Å². The Morgan fingerprint density at radius 1 is 1.04 bits per heavy atom. The van der Waals surface area contributed by atoms with E-state index >= 15 is 0 Å². The van der Waals surface area contributed by atoms with Crippen LogP contribution in [-0.2, 0) is 11.3 Å². The molecule has 0 bridgehead atoms. The van der Waals surface area contributed by atoms with E-state index in [2.05, 4.69) is 27.2 Å². The minimum absolute atomic E-state index is 0.0267. The summed E-state index contributed by atoms with van der Waals surface area (Å²) < 4.78 is 5.21. The number of hydrogen-bond acceptors (Lipinski definition) is 4. The lowest BCUT2D eigenvalue weighted by Gasteiger charge is -2.34. The third kappa shape index (κ3) is 5.96. The van der Waals surface area contributed by atoms with E-state index in [9.17, 15) is 4.79 Å². The molecule has 3 rings (SSSR count). The van der Waals surface area contributed by atoms with Crippen LogP contribution in [0.25, 0.3) is 0 Å². The first kappa shape index (κ1) is 20.6. The highest BCUT2D eigenvalue weighted by Gasteiger charge is 2.20. The number of rotatable bonds is 7. The van der Waals surface area contributed by atoms with Gasteiger partial charge in [0.05, 0.1) is 19.7 Å². The molecule has 1 aliphatic heterocycles. The number of methoxy groups -OCH3 is 1. The summed E-state index contributed by atoms with van der Waals surface area (Å²) in [6, 6.07) is 15.8.